The van der Waals surface area contributed by atoms with Crippen molar-refractivity contribution in [2.45, 2.75) is 13.5 Å². The van der Waals surface area contributed by atoms with Crippen molar-refractivity contribution in [1.29, 1.82) is 0 Å². The topological polar surface area (TPSA) is 59.6 Å². The minimum atomic E-state index is -2.97. The third-order valence-corrected chi connectivity index (χ3v) is 3.12. The molecule has 2 N–H and O–H groups in total. The van der Waals surface area contributed by atoms with Crippen LogP contribution in [0.15, 0.2) is 42.5 Å². The van der Waals surface area contributed by atoms with E-state index in [9.17, 15) is 13.6 Å². The van der Waals surface area contributed by atoms with Gasteiger partial charge in [-0.25, -0.2) is 4.79 Å². The van der Waals surface area contributed by atoms with Crippen molar-refractivity contribution in [1.82, 2.24) is 0 Å². The largest absolute Gasteiger partial charge is 0.494 e. The first-order chi connectivity index (χ1) is 11.5. The molecule has 2 aromatic carbocycles. The van der Waals surface area contributed by atoms with E-state index in [1.165, 1.54) is 18.2 Å². The van der Waals surface area contributed by atoms with Gasteiger partial charge in [0.2, 0.25) is 0 Å². The quantitative estimate of drug-likeness (QED) is 0.767. The molecule has 0 saturated heterocycles. The molecule has 0 unspecified atom stereocenters. The summed E-state index contributed by atoms with van der Waals surface area (Å²) in [6.07, 6.45) is 0. The van der Waals surface area contributed by atoms with Crippen molar-refractivity contribution in [2.75, 3.05) is 17.2 Å². The second kappa shape index (κ2) is 8.35. The lowest BCUT2D eigenvalue weighted by Gasteiger charge is -2.11. The molecule has 0 heterocycles. The number of carbonyl (C=O) groups excluding carboxylic acids is 1. The Labute approximate surface area is 142 Å². The third kappa shape index (κ3) is 5.27. The Kier molecular flexibility index (Phi) is 6.20. The predicted molar refractivity (Wildman–Crippen MR) is 88.3 cm³/mol. The number of rotatable bonds is 6. The van der Waals surface area contributed by atoms with Gasteiger partial charge in [-0.15, -0.1) is 0 Å². The molecule has 2 amide bonds. The van der Waals surface area contributed by atoms with E-state index in [4.69, 9.17) is 16.3 Å². The molecule has 24 heavy (non-hydrogen) atoms. The van der Waals surface area contributed by atoms with Crippen LogP contribution in [0.3, 0.4) is 0 Å². The molecule has 0 saturated carbocycles. The molecule has 2 aromatic rings. The van der Waals surface area contributed by atoms with Crippen LogP contribution < -0.4 is 20.1 Å². The number of urea groups is 1. The van der Waals surface area contributed by atoms with Gasteiger partial charge >= 0.3 is 12.6 Å². The third-order valence-electron chi connectivity index (χ3n) is 2.83. The zero-order chi connectivity index (χ0) is 17.5. The summed E-state index contributed by atoms with van der Waals surface area (Å²) >= 11 is 5.82. The van der Waals surface area contributed by atoms with Gasteiger partial charge in [-0.3, -0.25) is 0 Å². The van der Waals surface area contributed by atoms with E-state index in [0.29, 0.717) is 23.7 Å². The maximum Gasteiger partial charge on any atom is 0.387 e. The van der Waals surface area contributed by atoms with Crippen LogP contribution in [0.4, 0.5) is 25.0 Å². The SMILES string of the molecule is CCOc1ccc(NC(=O)Nc2ccc(OC(F)F)c(Cl)c2)cc1. The fraction of sp³-hybridized carbons (Fsp3) is 0.188. The normalized spacial score (nSPS) is 10.4. The second-order valence-corrected chi connectivity index (χ2v) is 4.97. The Morgan fingerprint density at radius 2 is 1.75 bits per heavy atom. The molecule has 0 radical (unpaired) electrons. The number of hydrogen-bond acceptors (Lipinski definition) is 3. The summed E-state index contributed by atoms with van der Waals surface area (Å²) in [5, 5.41) is 5.14. The highest BCUT2D eigenvalue weighted by Gasteiger charge is 2.10. The van der Waals surface area contributed by atoms with Gasteiger partial charge < -0.3 is 20.1 Å². The highest BCUT2D eigenvalue weighted by molar-refractivity contribution is 6.32. The molecule has 5 nitrogen and oxygen atoms in total. The average Bonchev–Trinajstić information content (AvgIpc) is 2.52. The summed E-state index contributed by atoms with van der Waals surface area (Å²) < 4.78 is 33.9. The van der Waals surface area contributed by atoms with E-state index >= 15 is 0 Å². The number of ether oxygens (including phenoxy) is 2. The first kappa shape index (κ1) is 17.8. The molecule has 0 aliphatic rings. The zero-order valence-corrected chi connectivity index (χ0v) is 13.4. The van der Waals surface area contributed by atoms with Crippen LogP contribution in [0.1, 0.15) is 6.92 Å². The average molecular weight is 357 g/mol. The number of nitrogens with one attached hydrogen (secondary N) is 2. The lowest BCUT2D eigenvalue weighted by Crippen LogP contribution is -2.19. The number of halogens is 3. The van der Waals surface area contributed by atoms with E-state index in [1.807, 2.05) is 6.92 Å². The van der Waals surface area contributed by atoms with Crippen LogP contribution in [0, 0.1) is 0 Å². The first-order valence-electron chi connectivity index (χ1n) is 7.03. The molecular weight excluding hydrogens is 342 g/mol. The van der Waals surface area contributed by atoms with Gasteiger partial charge in [0.25, 0.3) is 0 Å². The molecule has 0 spiro atoms. The van der Waals surface area contributed by atoms with Gasteiger partial charge in [-0.1, -0.05) is 11.6 Å². The summed E-state index contributed by atoms with van der Waals surface area (Å²) in [5.74, 6) is 0.536. The Balaban J connectivity index is 1.95. The van der Waals surface area contributed by atoms with Crippen LogP contribution in [0.5, 0.6) is 11.5 Å². The minimum absolute atomic E-state index is 0.0332. The number of hydrogen-bond donors (Lipinski definition) is 2. The van der Waals surface area contributed by atoms with Crippen LogP contribution >= 0.6 is 11.6 Å². The van der Waals surface area contributed by atoms with Gasteiger partial charge in [0.15, 0.2) is 0 Å². The van der Waals surface area contributed by atoms with Gasteiger partial charge in [0.1, 0.15) is 11.5 Å². The van der Waals surface area contributed by atoms with E-state index in [-0.39, 0.29) is 10.8 Å². The highest BCUT2D eigenvalue weighted by Crippen LogP contribution is 2.29. The zero-order valence-electron chi connectivity index (χ0n) is 12.7. The van der Waals surface area contributed by atoms with Crippen molar-refractivity contribution in [3.63, 3.8) is 0 Å². The first-order valence-corrected chi connectivity index (χ1v) is 7.41. The maximum absolute atomic E-state index is 12.2. The molecule has 0 atom stereocenters. The molecule has 0 aliphatic carbocycles. The summed E-state index contributed by atoms with van der Waals surface area (Å²) in [7, 11) is 0. The lowest BCUT2D eigenvalue weighted by molar-refractivity contribution is -0.0497. The molecule has 0 aliphatic heterocycles. The molecule has 0 aromatic heterocycles. The number of anilines is 2. The fourth-order valence-electron chi connectivity index (χ4n) is 1.86. The number of benzene rings is 2. The maximum atomic E-state index is 12.2. The Morgan fingerprint density at radius 3 is 2.33 bits per heavy atom. The summed E-state index contributed by atoms with van der Waals surface area (Å²) in [4.78, 5) is 11.9. The second-order valence-electron chi connectivity index (χ2n) is 4.56. The molecule has 0 fully saturated rings. The van der Waals surface area contributed by atoms with Crippen LogP contribution in [0.2, 0.25) is 5.02 Å². The van der Waals surface area contributed by atoms with E-state index in [1.54, 1.807) is 24.3 Å². The number of amides is 2. The van der Waals surface area contributed by atoms with Crippen molar-refractivity contribution in [3.05, 3.63) is 47.5 Å². The number of carbonyl (C=O) groups is 1. The molecular formula is C16H15ClF2N2O3. The molecule has 8 heteroatoms. The summed E-state index contributed by atoms with van der Waals surface area (Å²) in [6, 6.07) is 10.3. The summed E-state index contributed by atoms with van der Waals surface area (Å²) in [5.41, 5.74) is 0.907. The van der Waals surface area contributed by atoms with Gasteiger partial charge in [0, 0.05) is 11.4 Å². The molecule has 128 valence electrons. The Bertz CT molecular complexity index is 696. The summed E-state index contributed by atoms with van der Waals surface area (Å²) in [6.45, 7) is -0.536. The Hall–Kier alpha value is -2.54. The minimum Gasteiger partial charge on any atom is -0.494 e. The Morgan fingerprint density at radius 1 is 1.12 bits per heavy atom. The van der Waals surface area contributed by atoms with Crippen LogP contribution in [0.25, 0.3) is 0 Å². The van der Waals surface area contributed by atoms with Crippen molar-refractivity contribution >= 4 is 29.0 Å². The van der Waals surface area contributed by atoms with Crippen molar-refractivity contribution < 1.29 is 23.0 Å². The molecule has 0 bridgehead atoms. The number of alkyl halides is 2. The van der Waals surface area contributed by atoms with E-state index in [0.717, 1.165) is 0 Å². The van der Waals surface area contributed by atoms with E-state index in [2.05, 4.69) is 15.4 Å². The van der Waals surface area contributed by atoms with Gasteiger partial charge in [-0.05, 0) is 49.4 Å². The highest BCUT2D eigenvalue weighted by atomic mass is 35.5. The predicted octanol–water partition coefficient (Wildman–Crippen LogP) is 4.98. The fourth-order valence-corrected chi connectivity index (χ4v) is 2.09. The van der Waals surface area contributed by atoms with Gasteiger partial charge in [0.05, 0.1) is 11.6 Å². The van der Waals surface area contributed by atoms with Gasteiger partial charge in [-0.2, -0.15) is 8.78 Å². The van der Waals surface area contributed by atoms with E-state index < -0.39 is 12.6 Å². The van der Waals surface area contributed by atoms with Crippen molar-refractivity contribution in [2.24, 2.45) is 0 Å². The van der Waals surface area contributed by atoms with Crippen LogP contribution in [-0.4, -0.2) is 19.2 Å². The monoisotopic (exact) mass is 356 g/mol. The van der Waals surface area contributed by atoms with Crippen LogP contribution in [-0.2, 0) is 0 Å². The lowest BCUT2D eigenvalue weighted by atomic mass is 10.3. The standard InChI is InChI=1S/C16H15ClF2N2O3/c1-2-23-12-6-3-10(4-7-12)20-16(22)21-11-5-8-14(13(17)9-11)24-15(18)19/h3-9,15H,2H2,1H3,(H2,20,21,22). The molecule has 2 rings (SSSR count). The van der Waals surface area contributed by atoms with Crippen molar-refractivity contribution in [3.8, 4) is 11.5 Å². The smallest absolute Gasteiger partial charge is 0.387 e.